The van der Waals surface area contributed by atoms with Crippen molar-refractivity contribution in [2.24, 2.45) is 10.9 Å². The molecule has 6 heteroatoms. The lowest BCUT2D eigenvalue weighted by molar-refractivity contribution is -0.0770. The van der Waals surface area contributed by atoms with Gasteiger partial charge in [0.05, 0.1) is 12.8 Å². The highest BCUT2D eigenvalue weighted by molar-refractivity contribution is 5.84. The molecule has 0 aliphatic rings. The van der Waals surface area contributed by atoms with Gasteiger partial charge in [0, 0.05) is 0 Å². The fraction of sp³-hybridized carbons (Fsp3) is 0.400. The molecular weight excluding hydrogens is 283 g/mol. The molecule has 21 heavy (non-hydrogen) atoms. The molecule has 116 valence electrons. The van der Waals surface area contributed by atoms with Crippen LogP contribution >= 0.6 is 0 Å². The van der Waals surface area contributed by atoms with Crippen LogP contribution < -0.4 is 4.74 Å². The van der Waals surface area contributed by atoms with Gasteiger partial charge in [0.2, 0.25) is 0 Å². The van der Waals surface area contributed by atoms with Crippen LogP contribution in [-0.2, 0) is 4.74 Å². The molecule has 0 amide bonds. The average molecular weight is 301 g/mol. The zero-order valence-electron chi connectivity index (χ0n) is 12.1. The lowest BCUT2D eigenvalue weighted by Crippen LogP contribution is -2.25. The fourth-order valence-corrected chi connectivity index (χ4v) is 1.41. The Morgan fingerprint density at radius 1 is 1.24 bits per heavy atom. The van der Waals surface area contributed by atoms with E-state index < -0.39 is 12.1 Å². The van der Waals surface area contributed by atoms with Gasteiger partial charge in [-0.15, -0.1) is 0 Å². The molecular formula is C15H18F3NO2. The summed E-state index contributed by atoms with van der Waals surface area (Å²) < 4.78 is 48.2. The molecule has 0 unspecified atom stereocenters. The van der Waals surface area contributed by atoms with Gasteiger partial charge in [-0.05, 0) is 30.2 Å². The minimum Gasteiger partial charge on any atom is -0.497 e. The number of methoxy groups -OCH3 is 1. The summed E-state index contributed by atoms with van der Waals surface area (Å²) >= 11 is 0. The van der Waals surface area contributed by atoms with E-state index in [1.807, 2.05) is 13.8 Å². The van der Waals surface area contributed by atoms with Crippen molar-refractivity contribution in [2.45, 2.75) is 20.0 Å². The summed E-state index contributed by atoms with van der Waals surface area (Å²) in [5, 5.41) is 0. The maximum Gasteiger partial charge on any atom is 0.468 e. The Kier molecular flexibility index (Phi) is 6.27. The number of hydrogen-bond acceptors (Lipinski definition) is 3. The molecule has 0 atom stereocenters. The minimum absolute atomic E-state index is 0.149. The largest absolute Gasteiger partial charge is 0.497 e. The van der Waals surface area contributed by atoms with Crippen LogP contribution in [0.3, 0.4) is 0 Å². The highest BCUT2D eigenvalue weighted by Crippen LogP contribution is 2.24. The van der Waals surface area contributed by atoms with Crippen LogP contribution in [0.5, 0.6) is 5.75 Å². The maximum absolute atomic E-state index is 12.8. The van der Waals surface area contributed by atoms with Gasteiger partial charge in [0.15, 0.2) is 0 Å². The third-order valence-electron chi connectivity index (χ3n) is 2.38. The second kappa shape index (κ2) is 7.71. The monoisotopic (exact) mass is 301 g/mol. The summed E-state index contributed by atoms with van der Waals surface area (Å²) in [4.78, 5) is 3.50. The number of nitrogens with zero attached hydrogens (tertiary/aromatic N) is 1. The molecule has 0 heterocycles. The third kappa shape index (κ3) is 6.33. The molecule has 0 aliphatic carbocycles. The summed E-state index contributed by atoms with van der Waals surface area (Å²) in [7, 11) is 1.48. The van der Waals surface area contributed by atoms with E-state index in [9.17, 15) is 13.2 Å². The zero-order valence-corrected chi connectivity index (χ0v) is 12.1. The number of rotatable bonds is 5. The predicted octanol–water partition coefficient (Wildman–Crippen LogP) is 4.52. The van der Waals surface area contributed by atoms with E-state index in [1.165, 1.54) is 31.4 Å². The summed E-state index contributed by atoms with van der Waals surface area (Å²) in [6.45, 7) is 3.67. The first-order valence-corrected chi connectivity index (χ1v) is 6.42. The maximum atomic E-state index is 12.8. The van der Waals surface area contributed by atoms with Crippen molar-refractivity contribution in [3.63, 3.8) is 0 Å². The number of halogens is 3. The Morgan fingerprint density at radius 2 is 1.86 bits per heavy atom. The number of aliphatic imine (C=N–C) groups is 1. The first-order chi connectivity index (χ1) is 9.82. The van der Waals surface area contributed by atoms with Crippen LogP contribution in [0.25, 0.3) is 0 Å². The molecule has 0 bridgehead atoms. The highest BCUT2D eigenvalue weighted by Gasteiger charge is 2.38. The Morgan fingerprint density at radius 3 is 2.33 bits per heavy atom. The lowest BCUT2D eigenvalue weighted by atomic mass is 10.2. The molecule has 0 radical (unpaired) electrons. The van der Waals surface area contributed by atoms with Crippen molar-refractivity contribution in [1.82, 2.24) is 0 Å². The van der Waals surface area contributed by atoms with Crippen LogP contribution in [0.4, 0.5) is 18.9 Å². The van der Waals surface area contributed by atoms with Gasteiger partial charge in [0.25, 0.3) is 5.90 Å². The Hall–Kier alpha value is -1.98. The number of hydrogen-bond donors (Lipinski definition) is 0. The summed E-state index contributed by atoms with van der Waals surface area (Å²) in [6, 6.07) is 5.92. The number of benzene rings is 1. The van der Waals surface area contributed by atoms with Gasteiger partial charge in [-0.3, -0.25) is 0 Å². The smallest absolute Gasteiger partial charge is 0.468 e. The molecule has 1 aromatic carbocycles. The van der Waals surface area contributed by atoms with Crippen LogP contribution in [-0.4, -0.2) is 25.8 Å². The molecule has 0 aliphatic heterocycles. The van der Waals surface area contributed by atoms with Gasteiger partial charge >= 0.3 is 6.18 Å². The van der Waals surface area contributed by atoms with Crippen molar-refractivity contribution < 1.29 is 22.6 Å². The van der Waals surface area contributed by atoms with Crippen LogP contribution in [0.1, 0.15) is 13.8 Å². The van der Waals surface area contributed by atoms with Gasteiger partial charge in [-0.1, -0.05) is 26.0 Å². The number of allylic oxidation sites excluding steroid dienone is 1. The first-order valence-electron chi connectivity index (χ1n) is 6.42. The van der Waals surface area contributed by atoms with Crippen molar-refractivity contribution in [2.75, 3.05) is 13.7 Å². The van der Waals surface area contributed by atoms with Crippen molar-refractivity contribution >= 4 is 11.6 Å². The molecule has 0 spiro atoms. The van der Waals surface area contributed by atoms with Crippen molar-refractivity contribution in [3.05, 3.63) is 36.4 Å². The standard InChI is InChI=1S/C15H18F3NO2/c1-11(2)5-4-10-21-14(15(16,17)18)19-12-6-8-13(20-3)9-7-12/h4-9,11H,10H2,1-3H3/b5-4+,19-14?. The van der Waals surface area contributed by atoms with Crippen LogP contribution in [0.15, 0.2) is 41.4 Å². The summed E-state index contributed by atoms with van der Waals surface area (Å²) in [6.07, 6.45) is -1.33. The Balaban J connectivity index is 2.83. The minimum atomic E-state index is -4.63. The Labute approximate surface area is 122 Å². The van der Waals surface area contributed by atoms with E-state index in [0.717, 1.165) is 0 Å². The second-order valence-corrected chi connectivity index (χ2v) is 4.60. The lowest BCUT2D eigenvalue weighted by Gasteiger charge is -2.11. The van der Waals surface area contributed by atoms with Crippen LogP contribution in [0, 0.1) is 5.92 Å². The predicted molar refractivity (Wildman–Crippen MR) is 76.1 cm³/mol. The molecule has 1 rings (SSSR count). The number of alkyl halides is 3. The normalized spacial score (nSPS) is 13.0. The van der Waals surface area contributed by atoms with Gasteiger partial charge in [-0.25, -0.2) is 4.99 Å². The van der Waals surface area contributed by atoms with E-state index in [4.69, 9.17) is 9.47 Å². The van der Waals surface area contributed by atoms with Crippen molar-refractivity contribution in [3.8, 4) is 5.75 Å². The molecule has 0 aromatic heterocycles. The average Bonchev–Trinajstić information content (AvgIpc) is 2.41. The van der Waals surface area contributed by atoms with E-state index in [0.29, 0.717) is 5.75 Å². The topological polar surface area (TPSA) is 30.8 Å². The molecule has 1 aromatic rings. The molecule has 0 fully saturated rings. The third-order valence-corrected chi connectivity index (χ3v) is 2.38. The van der Waals surface area contributed by atoms with E-state index in [2.05, 4.69) is 4.99 Å². The van der Waals surface area contributed by atoms with E-state index >= 15 is 0 Å². The van der Waals surface area contributed by atoms with Gasteiger partial charge in [-0.2, -0.15) is 13.2 Å². The zero-order chi connectivity index (χ0) is 15.9. The fourth-order valence-electron chi connectivity index (χ4n) is 1.41. The quantitative estimate of drug-likeness (QED) is 0.455. The first kappa shape index (κ1) is 17.1. The summed E-state index contributed by atoms with van der Waals surface area (Å²) in [5.41, 5.74) is 0.149. The van der Waals surface area contributed by atoms with Gasteiger partial charge in [0.1, 0.15) is 12.4 Å². The SMILES string of the molecule is COc1ccc(N=C(OC/C=C/C(C)C)C(F)(F)F)cc1. The highest BCUT2D eigenvalue weighted by atomic mass is 19.4. The Bertz CT molecular complexity index is 491. The summed E-state index contributed by atoms with van der Waals surface area (Å²) in [5.74, 6) is -0.467. The second-order valence-electron chi connectivity index (χ2n) is 4.60. The number of ether oxygens (including phenoxy) is 2. The van der Waals surface area contributed by atoms with E-state index in [-0.39, 0.29) is 18.2 Å². The molecule has 0 saturated carbocycles. The molecule has 0 N–H and O–H groups in total. The van der Waals surface area contributed by atoms with Crippen LogP contribution in [0.2, 0.25) is 0 Å². The van der Waals surface area contributed by atoms with E-state index in [1.54, 1.807) is 12.2 Å². The van der Waals surface area contributed by atoms with Crippen molar-refractivity contribution in [1.29, 1.82) is 0 Å². The molecule has 0 saturated heterocycles. The van der Waals surface area contributed by atoms with Gasteiger partial charge < -0.3 is 9.47 Å². The molecule has 3 nitrogen and oxygen atoms in total.